The van der Waals surface area contributed by atoms with Crippen molar-refractivity contribution < 1.29 is 9.90 Å². The molecule has 0 aromatic heterocycles. The Hall–Kier alpha value is -1.51. The van der Waals surface area contributed by atoms with Crippen molar-refractivity contribution in [2.24, 2.45) is 0 Å². The summed E-state index contributed by atoms with van der Waals surface area (Å²) in [6.45, 7) is 3.83. The van der Waals surface area contributed by atoms with E-state index in [-0.39, 0.29) is 27.1 Å². The van der Waals surface area contributed by atoms with Gasteiger partial charge in [-0.3, -0.25) is 4.79 Å². The first-order valence-corrected chi connectivity index (χ1v) is 6.47. The Morgan fingerprint density at radius 1 is 1.00 bits per heavy atom. The van der Waals surface area contributed by atoms with Gasteiger partial charge >= 0.3 is 0 Å². The molecule has 0 spiro atoms. The third-order valence-corrected chi connectivity index (χ3v) is 4.03. The van der Waals surface area contributed by atoms with Gasteiger partial charge in [0.15, 0.2) is 5.78 Å². The summed E-state index contributed by atoms with van der Waals surface area (Å²) in [5.74, 6) is -0.336. The fourth-order valence-electron chi connectivity index (χ4n) is 1.86. The Morgan fingerprint density at radius 2 is 1.68 bits per heavy atom. The summed E-state index contributed by atoms with van der Waals surface area (Å²) < 4.78 is 0. The van der Waals surface area contributed by atoms with E-state index in [1.165, 1.54) is 12.1 Å². The molecule has 0 aliphatic heterocycles. The summed E-state index contributed by atoms with van der Waals surface area (Å²) in [6, 6.07) is 8.37. The van der Waals surface area contributed by atoms with Gasteiger partial charge in [0.1, 0.15) is 10.8 Å². The number of hydrogen-bond acceptors (Lipinski definition) is 2. The highest BCUT2D eigenvalue weighted by Gasteiger charge is 2.18. The number of halogens is 2. The molecular weight excluding hydrogens is 283 g/mol. The van der Waals surface area contributed by atoms with Crippen LogP contribution in [0.15, 0.2) is 30.3 Å². The van der Waals surface area contributed by atoms with E-state index in [1.807, 2.05) is 26.0 Å². The summed E-state index contributed by atoms with van der Waals surface area (Å²) in [5, 5.41) is 9.52. The van der Waals surface area contributed by atoms with E-state index in [9.17, 15) is 9.90 Å². The molecule has 2 nitrogen and oxygen atoms in total. The third-order valence-electron chi connectivity index (χ3n) is 3.16. The lowest BCUT2D eigenvalue weighted by Gasteiger charge is -2.10. The van der Waals surface area contributed by atoms with Gasteiger partial charge in [0.25, 0.3) is 0 Å². The minimum atomic E-state index is -0.201. The predicted octanol–water partition coefficient (Wildman–Crippen LogP) is 4.55. The van der Waals surface area contributed by atoms with Crippen molar-refractivity contribution in [2.75, 3.05) is 0 Å². The molecule has 0 bridgehead atoms. The number of benzene rings is 2. The molecule has 19 heavy (non-hydrogen) atoms. The summed E-state index contributed by atoms with van der Waals surface area (Å²) in [6.07, 6.45) is 0. The second kappa shape index (κ2) is 5.24. The molecule has 0 saturated carbocycles. The van der Waals surface area contributed by atoms with Gasteiger partial charge in [-0.2, -0.15) is 0 Å². The lowest BCUT2D eigenvalue weighted by Crippen LogP contribution is -2.05. The number of aryl methyl sites for hydroxylation is 1. The van der Waals surface area contributed by atoms with Crippen molar-refractivity contribution in [3.8, 4) is 5.75 Å². The molecule has 0 amide bonds. The molecule has 2 aromatic rings. The summed E-state index contributed by atoms with van der Waals surface area (Å²) in [4.78, 5) is 12.5. The molecule has 2 rings (SSSR count). The zero-order chi connectivity index (χ0) is 14.2. The van der Waals surface area contributed by atoms with Crippen molar-refractivity contribution in [3.63, 3.8) is 0 Å². The van der Waals surface area contributed by atoms with Crippen LogP contribution in [0, 0.1) is 13.8 Å². The number of carbonyl (C=O) groups is 1. The average molecular weight is 295 g/mol. The number of phenols is 1. The lowest BCUT2D eigenvalue weighted by molar-refractivity contribution is 0.103. The SMILES string of the molecule is Cc1cccc(C(=O)c2ccc(O)c(Cl)c2Cl)c1C. The second-order valence-corrected chi connectivity index (χ2v) is 5.09. The molecule has 4 heteroatoms. The number of phenolic OH excluding ortho intramolecular Hbond substituents is 1. The number of ketones is 1. The van der Waals surface area contributed by atoms with Gasteiger partial charge in [-0.05, 0) is 37.1 Å². The smallest absolute Gasteiger partial charge is 0.194 e. The van der Waals surface area contributed by atoms with Gasteiger partial charge in [0, 0.05) is 11.1 Å². The van der Waals surface area contributed by atoms with E-state index >= 15 is 0 Å². The van der Waals surface area contributed by atoms with E-state index in [0.29, 0.717) is 5.56 Å². The number of aromatic hydroxyl groups is 1. The van der Waals surface area contributed by atoms with Crippen molar-refractivity contribution in [1.82, 2.24) is 0 Å². The number of carbonyl (C=O) groups excluding carboxylic acids is 1. The zero-order valence-corrected chi connectivity index (χ0v) is 12.0. The first kappa shape index (κ1) is 13.9. The molecule has 1 N–H and O–H groups in total. The van der Waals surface area contributed by atoms with Crippen LogP contribution in [-0.4, -0.2) is 10.9 Å². The van der Waals surface area contributed by atoms with Crippen molar-refractivity contribution in [2.45, 2.75) is 13.8 Å². The van der Waals surface area contributed by atoms with Gasteiger partial charge in [-0.1, -0.05) is 41.4 Å². The predicted molar refractivity (Wildman–Crippen MR) is 77.5 cm³/mol. The van der Waals surface area contributed by atoms with Crippen LogP contribution in [0.5, 0.6) is 5.75 Å². The second-order valence-electron chi connectivity index (χ2n) is 4.34. The van der Waals surface area contributed by atoms with Crippen LogP contribution in [0.2, 0.25) is 10.0 Å². The molecule has 98 valence electrons. The quantitative estimate of drug-likeness (QED) is 0.825. The monoisotopic (exact) mass is 294 g/mol. The number of rotatable bonds is 2. The summed E-state index contributed by atoms with van der Waals surface area (Å²) in [7, 11) is 0. The molecule has 0 saturated heterocycles. The van der Waals surface area contributed by atoms with E-state index in [2.05, 4.69) is 0 Å². The fourth-order valence-corrected chi connectivity index (χ4v) is 2.27. The van der Waals surface area contributed by atoms with E-state index < -0.39 is 0 Å². The van der Waals surface area contributed by atoms with Gasteiger partial charge in [0.2, 0.25) is 0 Å². The van der Waals surface area contributed by atoms with Crippen LogP contribution in [0.1, 0.15) is 27.0 Å². The standard InChI is InChI=1S/C15H12Cl2O2/c1-8-4-3-5-10(9(8)2)15(19)11-6-7-12(18)14(17)13(11)16/h3-7,18H,1-2H3. The fraction of sp³-hybridized carbons (Fsp3) is 0.133. The molecule has 0 radical (unpaired) electrons. The van der Waals surface area contributed by atoms with Crippen LogP contribution in [-0.2, 0) is 0 Å². The first-order valence-electron chi connectivity index (χ1n) is 5.71. The van der Waals surface area contributed by atoms with Crippen molar-refractivity contribution in [1.29, 1.82) is 0 Å². The molecule has 0 aliphatic rings. The van der Waals surface area contributed by atoms with Crippen molar-refractivity contribution in [3.05, 3.63) is 62.6 Å². The molecule has 0 atom stereocenters. The largest absolute Gasteiger partial charge is 0.506 e. The van der Waals surface area contributed by atoms with Gasteiger partial charge in [-0.25, -0.2) is 0 Å². The van der Waals surface area contributed by atoms with Gasteiger partial charge < -0.3 is 5.11 Å². The van der Waals surface area contributed by atoms with Crippen LogP contribution in [0.3, 0.4) is 0 Å². The highest BCUT2D eigenvalue weighted by Crippen LogP contribution is 2.35. The van der Waals surface area contributed by atoms with Crippen LogP contribution in [0.4, 0.5) is 0 Å². The first-order chi connectivity index (χ1) is 8.93. The number of hydrogen-bond donors (Lipinski definition) is 1. The Labute approximate surface area is 121 Å². The average Bonchev–Trinajstić information content (AvgIpc) is 2.39. The Balaban J connectivity index is 2.57. The van der Waals surface area contributed by atoms with Crippen molar-refractivity contribution >= 4 is 29.0 Å². The molecule has 0 aliphatic carbocycles. The lowest BCUT2D eigenvalue weighted by atomic mass is 9.96. The van der Waals surface area contributed by atoms with E-state index in [4.69, 9.17) is 23.2 Å². The maximum Gasteiger partial charge on any atom is 0.194 e. The zero-order valence-electron chi connectivity index (χ0n) is 10.5. The van der Waals surface area contributed by atoms with Gasteiger partial charge in [-0.15, -0.1) is 0 Å². The maximum atomic E-state index is 12.5. The minimum absolute atomic E-state index is 0.00202. The molecule has 2 aromatic carbocycles. The van der Waals surface area contributed by atoms with Crippen LogP contribution < -0.4 is 0 Å². The molecular formula is C15H12Cl2O2. The van der Waals surface area contributed by atoms with Crippen LogP contribution in [0.25, 0.3) is 0 Å². The van der Waals surface area contributed by atoms with Crippen LogP contribution >= 0.6 is 23.2 Å². The minimum Gasteiger partial charge on any atom is -0.506 e. The topological polar surface area (TPSA) is 37.3 Å². The highest BCUT2D eigenvalue weighted by molar-refractivity contribution is 6.45. The summed E-state index contributed by atoms with van der Waals surface area (Å²) >= 11 is 11.9. The Kier molecular flexibility index (Phi) is 3.83. The van der Waals surface area contributed by atoms with E-state index in [0.717, 1.165) is 11.1 Å². The highest BCUT2D eigenvalue weighted by atomic mass is 35.5. The van der Waals surface area contributed by atoms with E-state index in [1.54, 1.807) is 6.07 Å². The summed E-state index contributed by atoms with van der Waals surface area (Å²) in [5.41, 5.74) is 2.82. The molecule has 0 fully saturated rings. The Bertz CT molecular complexity index is 663. The van der Waals surface area contributed by atoms with Gasteiger partial charge in [0.05, 0.1) is 5.02 Å². The normalized spacial score (nSPS) is 10.5. The maximum absolute atomic E-state index is 12.5. The molecule has 0 unspecified atom stereocenters. The molecule has 0 heterocycles. The third kappa shape index (κ3) is 2.46. The Morgan fingerprint density at radius 3 is 2.37 bits per heavy atom.